The summed E-state index contributed by atoms with van der Waals surface area (Å²) in [7, 11) is -3.24. The van der Waals surface area contributed by atoms with E-state index in [0.29, 0.717) is 0 Å². The summed E-state index contributed by atoms with van der Waals surface area (Å²) in [5.74, 6) is -9.47. The largest absolute Gasteiger partial charge is 0.410 e. The monoisotopic (exact) mass is 324 g/mol. The highest BCUT2D eigenvalue weighted by Crippen LogP contribution is 2.26. The third-order valence-electron chi connectivity index (χ3n) is 3.83. The topological polar surface area (TPSA) is 9.23 Å². The van der Waals surface area contributed by atoms with Crippen LogP contribution in [0.4, 0.5) is 22.0 Å². The molecule has 0 saturated heterocycles. The number of benzene rings is 1. The van der Waals surface area contributed by atoms with Crippen LogP contribution < -0.4 is 5.19 Å². The van der Waals surface area contributed by atoms with Crippen molar-refractivity contribution in [3.05, 3.63) is 29.1 Å². The maximum atomic E-state index is 13.9. The normalized spacial score (nSPS) is 17.3. The average Bonchev–Trinajstić information content (AvgIpc) is 2.43. The Balaban J connectivity index is 2.39. The van der Waals surface area contributed by atoms with Crippen LogP contribution in [0.5, 0.6) is 0 Å². The molecule has 0 aliphatic heterocycles. The van der Waals surface area contributed by atoms with E-state index in [1.165, 1.54) is 13.1 Å². The van der Waals surface area contributed by atoms with Crippen LogP contribution in [0.3, 0.4) is 0 Å². The lowest BCUT2D eigenvalue weighted by molar-refractivity contribution is 0.149. The van der Waals surface area contributed by atoms with E-state index in [0.717, 1.165) is 32.1 Å². The fraction of sp³-hybridized carbons (Fsp3) is 0.571. The van der Waals surface area contributed by atoms with Crippen molar-refractivity contribution in [2.75, 3.05) is 0 Å². The smallest absolute Gasteiger partial charge is 0.225 e. The summed E-state index contributed by atoms with van der Waals surface area (Å²) in [6.45, 7) is 2.92. The predicted octanol–water partition coefficient (Wildman–Crippen LogP) is 4.14. The highest BCUT2D eigenvalue weighted by atomic mass is 28.4. The van der Waals surface area contributed by atoms with Crippen molar-refractivity contribution < 1.29 is 26.4 Å². The molecule has 1 aromatic carbocycles. The Labute approximate surface area is 121 Å². The molecule has 1 saturated carbocycles. The minimum atomic E-state index is -3.24. The van der Waals surface area contributed by atoms with E-state index in [-0.39, 0.29) is 6.10 Å². The summed E-state index contributed by atoms with van der Waals surface area (Å²) >= 11 is 0. The van der Waals surface area contributed by atoms with Crippen molar-refractivity contribution >= 4 is 13.5 Å². The van der Waals surface area contributed by atoms with E-state index in [4.69, 9.17) is 4.43 Å². The van der Waals surface area contributed by atoms with Gasteiger partial charge in [0.2, 0.25) is 14.1 Å². The van der Waals surface area contributed by atoms with Crippen molar-refractivity contribution in [2.24, 2.45) is 0 Å². The van der Waals surface area contributed by atoms with Crippen LogP contribution in [0.25, 0.3) is 0 Å². The first-order valence-electron chi connectivity index (χ1n) is 6.95. The van der Waals surface area contributed by atoms with E-state index in [1.807, 2.05) is 0 Å². The Bertz CT molecular complexity index is 512. The standard InChI is InChI=1S/C14H17F5OSi/c1-21(2,20-8-6-4-3-5-7-8)14-12(18)10(16)9(15)11(17)13(14)19/h8H,3-7H2,1-2H3. The highest BCUT2D eigenvalue weighted by molar-refractivity contribution is 6.84. The van der Waals surface area contributed by atoms with Gasteiger partial charge in [0.1, 0.15) is 0 Å². The Kier molecular flexibility index (Phi) is 4.72. The molecular formula is C14H17F5OSi. The van der Waals surface area contributed by atoms with Crippen molar-refractivity contribution in [1.82, 2.24) is 0 Å². The van der Waals surface area contributed by atoms with Crippen molar-refractivity contribution in [2.45, 2.75) is 51.3 Å². The number of hydrogen-bond acceptors (Lipinski definition) is 1. The summed E-state index contributed by atoms with van der Waals surface area (Å²) in [5.41, 5.74) is 0. The Hall–Kier alpha value is -0.953. The van der Waals surface area contributed by atoms with Gasteiger partial charge in [0.15, 0.2) is 23.3 Å². The highest BCUT2D eigenvalue weighted by Gasteiger charge is 2.39. The molecule has 0 bridgehead atoms. The molecule has 0 radical (unpaired) electrons. The molecule has 0 unspecified atom stereocenters. The molecule has 7 heteroatoms. The molecule has 0 spiro atoms. The number of halogens is 5. The minimum absolute atomic E-state index is 0.171. The zero-order chi connectivity index (χ0) is 15.8. The first-order chi connectivity index (χ1) is 9.75. The Morgan fingerprint density at radius 2 is 1.19 bits per heavy atom. The van der Waals surface area contributed by atoms with Gasteiger partial charge in [-0.2, -0.15) is 0 Å². The summed E-state index contributed by atoms with van der Waals surface area (Å²) in [6.07, 6.45) is 4.32. The van der Waals surface area contributed by atoms with E-state index >= 15 is 0 Å². The van der Waals surface area contributed by atoms with Crippen LogP contribution in [0.15, 0.2) is 0 Å². The summed E-state index contributed by atoms with van der Waals surface area (Å²) in [5, 5.41) is -0.774. The summed E-state index contributed by atoms with van der Waals surface area (Å²) in [6, 6.07) is 0. The third kappa shape index (κ3) is 3.13. The van der Waals surface area contributed by atoms with Crippen LogP contribution >= 0.6 is 0 Å². The van der Waals surface area contributed by atoms with Crippen LogP contribution in [-0.2, 0) is 4.43 Å². The lowest BCUT2D eigenvalue weighted by Gasteiger charge is -2.32. The zero-order valence-electron chi connectivity index (χ0n) is 11.9. The molecule has 0 heterocycles. The van der Waals surface area contributed by atoms with Gasteiger partial charge >= 0.3 is 0 Å². The lowest BCUT2D eigenvalue weighted by atomic mass is 9.98. The molecule has 118 valence electrons. The summed E-state index contributed by atoms with van der Waals surface area (Å²) in [4.78, 5) is 0. The van der Waals surface area contributed by atoms with E-state index < -0.39 is 42.6 Å². The van der Waals surface area contributed by atoms with Crippen molar-refractivity contribution in [3.8, 4) is 0 Å². The van der Waals surface area contributed by atoms with Gasteiger partial charge in [0, 0.05) is 11.3 Å². The molecule has 21 heavy (non-hydrogen) atoms. The summed E-state index contributed by atoms with van der Waals surface area (Å²) < 4.78 is 73.3. The molecule has 2 rings (SSSR count). The van der Waals surface area contributed by atoms with Crippen LogP contribution in [0, 0.1) is 29.1 Å². The molecular weight excluding hydrogens is 307 g/mol. The first-order valence-corrected chi connectivity index (χ1v) is 9.86. The van der Waals surface area contributed by atoms with Crippen molar-refractivity contribution in [1.29, 1.82) is 0 Å². The van der Waals surface area contributed by atoms with Crippen molar-refractivity contribution in [3.63, 3.8) is 0 Å². The molecule has 0 N–H and O–H groups in total. The molecule has 1 aliphatic carbocycles. The van der Waals surface area contributed by atoms with Gasteiger partial charge in [-0.15, -0.1) is 0 Å². The maximum Gasteiger partial charge on any atom is 0.225 e. The molecule has 1 fully saturated rings. The molecule has 1 aromatic rings. The minimum Gasteiger partial charge on any atom is -0.410 e. The Morgan fingerprint density at radius 1 is 0.762 bits per heavy atom. The van der Waals surface area contributed by atoms with Gasteiger partial charge in [-0.3, -0.25) is 0 Å². The molecule has 0 aromatic heterocycles. The second-order valence-corrected chi connectivity index (χ2v) is 9.59. The SMILES string of the molecule is C[Si](C)(OC1CCCCC1)c1c(F)c(F)c(F)c(F)c1F. The fourth-order valence-corrected chi connectivity index (χ4v) is 5.26. The quantitative estimate of drug-likeness (QED) is 0.351. The number of hydrogen-bond donors (Lipinski definition) is 0. The van der Waals surface area contributed by atoms with Gasteiger partial charge in [-0.05, 0) is 25.9 Å². The van der Waals surface area contributed by atoms with Crippen LogP contribution in [0.2, 0.25) is 13.1 Å². The fourth-order valence-electron chi connectivity index (χ4n) is 2.79. The van der Waals surface area contributed by atoms with Gasteiger partial charge in [-0.25, -0.2) is 22.0 Å². The number of rotatable bonds is 3. The van der Waals surface area contributed by atoms with Crippen LogP contribution in [0.1, 0.15) is 32.1 Å². The second kappa shape index (κ2) is 6.04. The van der Waals surface area contributed by atoms with E-state index in [9.17, 15) is 22.0 Å². The lowest BCUT2D eigenvalue weighted by Crippen LogP contribution is -2.52. The maximum absolute atomic E-state index is 13.9. The van der Waals surface area contributed by atoms with Gasteiger partial charge in [0.05, 0.1) is 0 Å². The molecule has 1 aliphatic rings. The molecule has 1 nitrogen and oxygen atoms in total. The Morgan fingerprint density at radius 3 is 1.67 bits per heavy atom. The van der Waals surface area contributed by atoms with E-state index in [1.54, 1.807) is 0 Å². The van der Waals surface area contributed by atoms with E-state index in [2.05, 4.69) is 0 Å². The van der Waals surface area contributed by atoms with Gasteiger partial charge in [0.25, 0.3) is 0 Å². The molecule has 0 atom stereocenters. The predicted molar refractivity (Wildman–Crippen MR) is 71.3 cm³/mol. The van der Waals surface area contributed by atoms with Crippen LogP contribution in [-0.4, -0.2) is 14.4 Å². The first kappa shape index (κ1) is 16.4. The average molecular weight is 324 g/mol. The zero-order valence-corrected chi connectivity index (χ0v) is 12.9. The third-order valence-corrected chi connectivity index (χ3v) is 6.39. The van der Waals surface area contributed by atoms with Gasteiger partial charge in [-0.1, -0.05) is 19.3 Å². The van der Waals surface area contributed by atoms with Gasteiger partial charge < -0.3 is 4.43 Å². The second-order valence-electron chi connectivity index (χ2n) is 5.83. The molecule has 0 amide bonds.